The molecule has 0 bridgehead atoms. The second-order valence-electron chi connectivity index (χ2n) is 5.06. The molecule has 0 aromatic carbocycles. The Labute approximate surface area is 87.7 Å². The monoisotopic (exact) mass is 200 g/mol. The minimum Gasteiger partial charge on any atom is -0.392 e. The average molecular weight is 200 g/mol. The largest absolute Gasteiger partial charge is 0.392 e. The lowest BCUT2D eigenvalue weighted by molar-refractivity contribution is -0.00932. The highest BCUT2D eigenvalue weighted by Gasteiger charge is 2.38. The van der Waals surface area contributed by atoms with Crippen LogP contribution in [0.15, 0.2) is 0 Å². The van der Waals surface area contributed by atoms with Gasteiger partial charge in [-0.3, -0.25) is 0 Å². The van der Waals surface area contributed by atoms with Crippen LogP contribution in [-0.2, 0) is 4.74 Å². The van der Waals surface area contributed by atoms with Gasteiger partial charge in [-0.05, 0) is 30.6 Å². The number of rotatable bonds is 5. The summed E-state index contributed by atoms with van der Waals surface area (Å²) < 4.78 is 5.05. The summed E-state index contributed by atoms with van der Waals surface area (Å²) in [6.45, 7) is 5.12. The molecule has 0 aromatic rings. The van der Waals surface area contributed by atoms with E-state index in [9.17, 15) is 5.11 Å². The molecule has 1 rings (SSSR count). The van der Waals surface area contributed by atoms with Gasteiger partial charge in [0.05, 0.1) is 6.10 Å². The molecule has 0 aliphatic heterocycles. The zero-order valence-electron chi connectivity index (χ0n) is 9.75. The first-order chi connectivity index (χ1) is 6.60. The number of methoxy groups -OCH3 is 1. The van der Waals surface area contributed by atoms with Crippen molar-refractivity contribution in [3.63, 3.8) is 0 Å². The molecule has 0 saturated heterocycles. The molecule has 0 radical (unpaired) electrons. The highest BCUT2D eigenvalue weighted by molar-refractivity contribution is 4.89. The number of ether oxygens (including phenoxy) is 1. The Morgan fingerprint density at radius 1 is 1.36 bits per heavy atom. The molecular formula is C12H24O2. The van der Waals surface area contributed by atoms with Gasteiger partial charge in [-0.1, -0.05) is 26.7 Å². The Morgan fingerprint density at radius 3 is 2.43 bits per heavy atom. The molecule has 2 nitrogen and oxygen atoms in total. The van der Waals surface area contributed by atoms with Gasteiger partial charge in [0.25, 0.3) is 0 Å². The van der Waals surface area contributed by atoms with E-state index in [0.29, 0.717) is 5.92 Å². The maximum Gasteiger partial charge on any atom is 0.0620 e. The van der Waals surface area contributed by atoms with Crippen LogP contribution in [0.3, 0.4) is 0 Å². The van der Waals surface area contributed by atoms with E-state index in [1.165, 1.54) is 25.7 Å². The van der Waals surface area contributed by atoms with Crippen molar-refractivity contribution in [2.45, 2.75) is 52.1 Å². The molecule has 0 aromatic heterocycles. The Morgan fingerprint density at radius 2 is 1.93 bits per heavy atom. The summed E-state index contributed by atoms with van der Waals surface area (Å²) in [6.07, 6.45) is 5.75. The van der Waals surface area contributed by atoms with E-state index in [-0.39, 0.29) is 11.5 Å². The van der Waals surface area contributed by atoms with Crippen molar-refractivity contribution in [1.29, 1.82) is 0 Å². The maximum atomic E-state index is 10.2. The van der Waals surface area contributed by atoms with E-state index < -0.39 is 0 Å². The summed E-state index contributed by atoms with van der Waals surface area (Å²) in [6, 6.07) is 0. The van der Waals surface area contributed by atoms with Crippen molar-refractivity contribution in [1.82, 2.24) is 0 Å². The summed E-state index contributed by atoms with van der Waals surface area (Å²) in [7, 11) is 1.72. The Bertz CT molecular complexity index is 162. The highest BCUT2D eigenvalue weighted by Crippen LogP contribution is 2.43. The van der Waals surface area contributed by atoms with E-state index >= 15 is 0 Å². The first kappa shape index (κ1) is 12.0. The van der Waals surface area contributed by atoms with Crippen molar-refractivity contribution in [2.24, 2.45) is 11.3 Å². The summed E-state index contributed by atoms with van der Waals surface area (Å²) in [5, 5.41) is 10.2. The van der Waals surface area contributed by atoms with Crippen LogP contribution in [0, 0.1) is 11.3 Å². The van der Waals surface area contributed by atoms with Crippen molar-refractivity contribution in [3.8, 4) is 0 Å². The fourth-order valence-corrected chi connectivity index (χ4v) is 2.63. The lowest BCUT2D eigenvalue weighted by Gasteiger charge is -2.34. The summed E-state index contributed by atoms with van der Waals surface area (Å²) in [5.74, 6) is 0.359. The van der Waals surface area contributed by atoms with Crippen molar-refractivity contribution < 1.29 is 9.84 Å². The number of aliphatic hydroxyl groups is 1. The molecule has 14 heavy (non-hydrogen) atoms. The van der Waals surface area contributed by atoms with E-state index in [2.05, 4.69) is 13.8 Å². The molecule has 0 amide bonds. The van der Waals surface area contributed by atoms with Crippen LogP contribution < -0.4 is 0 Å². The van der Waals surface area contributed by atoms with Crippen LogP contribution in [0.25, 0.3) is 0 Å². The van der Waals surface area contributed by atoms with Gasteiger partial charge in [0.15, 0.2) is 0 Å². The molecule has 2 heteroatoms. The molecule has 0 heterocycles. The third kappa shape index (κ3) is 2.71. The standard InChI is InChI=1S/C12H24O2/c1-10(6-9-14-3)11(13)12(2)7-4-5-8-12/h10-11,13H,4-9H2,1-3H3. The van der Waals surface area contributed by atoms with Crippen LogP contribution in [0.1, 0.15) is 46.0 Å². The zero-order valence-corrected chi connectivity index (χ0v) is 9.75. The minimum atomic E-state index is -0.153. The van der Waals surface area contributed by atoms with Crippen molar-refractivity contribution >= 4 is 0 Å². The van der Waals surface area contributed by atoms with E-state index in [4.69, 9.17) is 4.74 Å². The van der Waals surface area contributed by atoms with Crippen LogP contribution in [-0.4, -0.2) is 24.9 Å². The number of hydrogen-bond acceptors (Lipinski definition) is 2. The van der Waals surface area contributed by atoms with Gasteiger partial charge in [0, 0.05) is 13.7 Å². The fourth-order valence-electron chi connectivity index (χ4n) is 2.63. The topological polar surface area (TPSA) is 29.5 Å². The van der Waals surface area contributed by atoms with E-state index in [0.717, 1.165) is 13.0 Å². The van der Waals surface area contributed by atoms with Gasteiger partial charge < -0.3 is 9.84 Å². The smallest absolute Gasteiger partial charge is 0.0620 e. The predicted molar refractivity (Wildman–Crippen MR) is 58.2 cm³/mol. The Kier molecular flexibility index (Phi) is 4.39. The normalized spacial score (nSPS) is 24.9. The van der Waals surface area contributed by atoms with Gasteiger partial charge in [-0.25, -0.2) is 0 Å². The molecule has 0 spiro atoms. The minimum absolute atomic E-state index is 0.153. The third-order valence-electron chi connectivity index (χ3n) is 3.78. The Balaban J connectivity index is 2.41. The SMILES string of the molecule is COCCC(C)C(O)C1(C)CCCC1. The Hall–Kier alpha value is -0.0800. The van der Waals surface area contributed by atoms with Gasteiger partial charge in [-0.15, -0.1) is 0 Å². The van der Waals surface area contributed by atoms with Gasteiger partial charge >= 0.3 is 0 Å². The molecule has 84 valence electrons. The molecule has 1 saturated carbocycles. The predicted octanol–water partition coefficient (Wildman–Crippen LogP) is 2.60. The highest BCUT2D eigenvalue weighted by atomic mass is 16.5. The first-order valence-electron chi connectivity index (χ1n) is 5.77. The molecule has 2 atom stereocenters. The lowest BCUT2D eigenvalue weighted by atomic mass is 9.76. The van der Waals surface area contributed by atoms with E-state index in [1.54, 1.807) is 7.11 Å². The summed E-state index contributed by atoms with van der Waals surface area (Å²) in [4.78, 5) is 0. The van der Waals surface area contributed by atoms with Crippen LogP contribution in [0.4, 0.5) is 0 Å². The second kappa shape index (κ2) is 5.13. The fraction of sp³-hybridized carbons (Fsp3) is 1.00. The van der Waals surface area contributed by atoms with Crippen LogP contribution in [0.5, 0.6) is 0 Å². The molecule has 1 N–H and O–H groups in total. The number of hydrogen-bond donors (Lipinski definition) is 1. The molecule has 2 unspecified atom stereocenters. The van der Waals surface area contributed by atoms with Gasteiger partial charge in [0.2, 0.25) is 0 Å². The average Bonchev–Trinajstić information content (AvgIpc) is 2.61. The summed E-state index contributed by atoms with van der Waals surface area (Å²) in [5.41, 5.74) is 0.174. The van der Waals surface area contributed by atoms with Crippen molar-refractivity contribution in [3.05, 3.63) is 0 Å². The zero-order chi connectivity index (χ0) is 10.6. The molecular weight excluding hydrogens is 176 g/mol. The van der Waals surface area contributed by atoms with Crippen molar-refractivity contribution in [2.75, 3.05) is 13.7 Å². The first-order valence-corrected chi connectivity index (χ1v) is 5.77. The van der Waals surface area contributed by atoms with Gasteiger partial charge in [-0.2, -0.15) is 0 Å². The van der Waals surface area contributed by atoms with Crippen LogP contribution in [0.2, 0.25) is 0 Å². The third-order valence-corrected chi connectivity index (χ3v) is 3.78. The molecule has 1 aliphatic rings. The molecule has 1 fully saturated rings. The molecule has 1 aliphatic carbocycles. The van der Waals surface area contributed by atoms with Gasteiger partial charge in [0.1, 0.15) is 0 Å². The van der Waals surface area contributed by atoms with E-state index in [1.807, 2.05) is 0 Å². The summed E-state index contributed by atoms with van der Waals surface area (Å²) >= 11 is 0. The second-order valence-corrected chi connectivity index (χ2v) is 5.06. The maximum absolute atomic E-state index is 10.2. The quantitative estimate of drug-likeness (QED) is 0.739. The van der Waals surface area contributed by atoms with Crippen LogP contribution >= 0.6 is 0 Å². The lowest BCUT2D eigenvalue weighted by Crippen LogP contribution is -2.35. The number of aliphatic hydroxyl groups excluding tert-OH is 1.